The van der Waals surface area contributed by atoms with E-state index in [1.165, 1.54) is 11.1 Å². The highest BCUT2D eigenvalue weighted by Crippen LogP contribution is 2.15. The molecule has 1 amide bonds. The fraction of sp³-hybridized carbons (Fsp3) is 0.176. The maximum absolute atomic E-state index is 11.9. The maximum atomic E-state index is 11.9. The van der Waals surface area contributed by atoms with Gasteiger partial charge in [0.2, 0.25) is 5.91 Å². The third kappa shape index (κ3) is 3.83. The second-order valence-electron chi connectivity index (χ2n) is 4.86. The van der Waals surface area contributed by atoms with Gasteiger partial charge in [-0.05, 0) is 49.2 Å². The van der Waals surface area contributed by atoms with Gasteiger partial charge in [0.25, 0.3) is 0 Å². The lowest BCUT2D eigenvalue weighted by Crippen LogP contribution is -2.22. The van der Waals surface area contributed by atoms with Gasteiger partial charge in [-0.25, -0.2) is 0 Å². The van der Waals surface area contributed by atoms with Crippen LogP contribution in [0, 0.1) is 25.2 Å². The Labute approximate surface area is 124 Å². The number of amides is 1. The molecule has 0 unspecified atom stereocenters. The Kier molecular flexibility index (Phi) is 4.57. The molecule has 0 aliphatic heterocycles. The van der Waals surface area contributed by atoms with Crippen molar-refractivity contribution in [2.24, 2.45) is 0 Å². The van der Waals surface area contributed by atoms with Crippen molar-refractivity contribution in [2.45, 2.75) is 13.8 Å². The van der Waals surface area contributed by atoms with E-state index in [9.17, 15) is 4.79 Å². The van der Waals surface area contributed by atoms with Crippen LogP contribution in [0.4, 0.5) is 11.4 Å². The molecule has 106 valence electrons. The topological polar surface area (TPSA) is 64.9 Å². The predicted octanol–water partition coefficient (Wildman–Crippen LogP) is 3.23. The Morgan fingerprint density at radius 2 is 1.90 bits per heavy atom. The van der Waals surface area contributed by atoms with Gasteiger partial charge in [0.15, 0.2) is 0 Å². The number of aryl methyl sites for hydroxylation is 2. The normalized spacial score (nSPS) is 9.76. The third-order valence-electron chi connectivity index (χ3n) is 3.28. The summed E-state index contributed by atoms with van der Waals surface area (Å²) < 4.78 is 0. The van der Waals surface area contributed by atoms with Gasteiger partial charge < -0.3 is 10.6 Å². The van der Waals surface area contributed by atoms with Gasteiger partial charge in [0.05, 0.1) is 17.8 Å². The molecule has 2 N–H and O–H groups in total. The summed E-state index contributed by atoms with van der Waals surface area (Å²) >= 11 is 0. The number of nitrogens with one attached hydrogen (secondary N) is 2. The van der Waals surface area contributed by atoms with Crippen LogP contribution >= 0.6 is 0 Å². The molecule has 0 heterocycles. The van der Waals surface area contributed by atoms with Crippen molar-refractivity contribution in [1.29, 1.82) is 5.26 Å². The second kappa shape index (κ2) is 6.58. The fourth-order valence-electron chi connectivity index (χ4n) is 1.92. The number of carbonyl (C=O) groups is 1. The van der Waals surface area contributed by atoms with Gasteiger partial charge in [-0.2, -0.15) is 5.26 Å². The van der Waals surface area contributed by atoms with Crippen LogP contribution in [-0.2, 0) is 4.79 Å². The van der Waals surface area contributed by atoms with Crippen LogP contribution in [0.15, 0.2) is 42.5 Å². The van der Waals surface area contributed by atoms with Crippen molar-refractivity contribution in [2.75, 3.05) is 17.2 Å². The molecule has 2 rings (SSSR count). The van der Waals surface area contributed by atoms with Crippen molar-refractivity contribution in [1.82, 2.24) is 0 Å². The summed E-state index contributed by atoms with van der Waals surface area (Å²) in [4.78, 5) is 11.9. The van der Waals surface area contributed by atoms with E-state index < -0.39 is 0 Å². The number of benzene rings is 2. The van der Waals surface area contributed by atoms with Crippen LogP contribution in [0.25, 0.3) is 0 Å². The first-order chi connectivity index (χ1) is 10.1. The quantitative estimate of drug-likeness (QED) is 0.903. The minimum atomic E-state index is -0.184. The van der Waals surface area contributed by atoms with Crippen LogP contribution in [0.3, 0.4) is 0 Å². The van der Waals surface area contributed by atoms with E-state index in [4.69, 9.17) is 5.26 Å². The van der Waals surface area contributed by atoms with Gasteiger partial charge >= 0.3 is 0 Å². The van der Waals surface area contributed by atoms with Crippen molar-refractivity contribution in [3.05, 3.63) is 59.2 Å². The summed E-state index contributed by atoms with van der Waals surface area (Å²) in [5.74, 6) is -0.184. The Morgan fingerprint density at radius 1 is 1.14 bits per heavy atom. The highest BCUT2D eigenvalue weighted by Gasteiger charge is 2.06. The van der Waals surface area contributed by atoms with E-state index in [1.54, 1.807) is 24.3 Å². The van der Waals surface area contributed by atoms with Gasteiger partial charge in [0.1, 0.15) is 6.07 Å². The molecule has 0 radical (unpaired) electrons. The molecule has 0 bridgehead atoms. The summed E-state index contributed by atoms with van der Waals surface area (Å²) in [7, 11) is 0. The largest absolute Gasteiger partial charge is 0.376 e. The summed E-state index contributed by atoms with van der Waals surface area (Å²) in [6.45, 7) is 4.23. The van der Waals surface area contributed by atoms with Crippen LogP contribution < -0.4 is 10.6 Å². The molecule has 0 saturated carbocycles. The molecule has 0 atom stereocenters. The molecule has 2 aromatic carbocycles. The number of nitrogens with zero attached hydrogens (tertiary/aromatic N) is 1. The van der Waals surface area contributed by atoms with E-state index in [2.05, 4.69) is 16.7 Å². The SMILES string of the molecule is Cc1ccc(NCC(=O)Nc2ccccc2C#N)cc1C. The zero-order chi connectivity index (χ0) is 15.2. The molecule has 0 aliphatic rings. The Bertz CT molecular complexity index is 701. The van der Waals surface area contributed by atoms with Crippen molar-refractivity contribution >= 4 is 17.3 Å². The molecule has 0 spiro atoms. The van der Waals surface area contributed by atoms with E-state index in [-0.39, 0.29) is 12.5 Å². The number of para-hydroxylation sites is 1. The number of hydrogen-bond donors (Lipinski definition) is 2. The molecule has 4 heteroatoms. The van der Waals surface area contributed by atoms with E-state index in [0.717, 1.165) is 5.69 Å². The maximum Gasteiger partial charge on any atom is 0.243 e. The standard InChI is InChI=1S/C17H17N3O/c1-12-7-8-15(9-13(12)2)19-11-17(21)20-16-6-4-3-5-14(16)10-18/h3-9,19H,11H2,1-2H3,(H,20,21). The summed E-state index contributed by atoms with van der Waals surface area (Å²) in [6, 6.07) is 15.0. The summed E-state index contributed by atoms with van der Waals surface area (Å²) in [5.41, 5.74) is 4.29. The van der Waals surface area contributed by atoms with E-state index in [0.29, 0.717) is 11.3 Å². The first-order valence-corrected chi connectivity index (χ1v) is 6.70. The van der Waals surface area contributed by atoms with Crippen LogP contribution in [0.2, 0.25) is 0 Å². The fourth-order valence-corrected chi connectivity index (χ4v) is 1.92. The molecular formula is C17H17N3O. The lowest BCUT2D eigenvalue weighted by Gasteiger charge is -2.10. The Balaban J connectivity index is 1.96. The van der Waals surface area contributed by atoms with Gasteiger partial charge in [-0.15, -0.1) is 0 Å². The molecule has 0 aliphatic carbocycles. The van der Waals surface area contributed by atoms with Gasteiger partial charge in [-0.1, -0.05) is 18.2 Å². The third-order valence-corrected chi connectivity index (χ3v) is 3.28. The molecule has 2 aromatic rings. The van der Waals surface area contributed by atoms with Crippen LogP contribution in [0.5, 0.6) is 0 Å². The van der Waals surface area contributed by atoms with Crippen molar-refractivity contribution in [3.8, 4) is 6.07 Å². The zero-order valence-electron chi connectivity index (χ0n) is 12.1. The van der Waals surface area contributed by atoms with Gasteiger partial charge in [-0.3, -0.25) is 4.79 Å². The Morgan fingerprint density at radius 3 is 2.62 bits per heavy atom. The average Bonchev–Trinajstić information content (AvgIpc) is 2.49. The number of carbonyl (C=O) groups excluding carboxylic acids is 1. The lowest BCUT2D eigenvalue weighted by molar-refractivity contribution is -0.114. The Hall–Kier alpha value is -2.80. The van der Waals surface area contributed by atoms with Crippen molar-refractivity contribution in [3.63, 3.8) is 0 Å². The van der Waals surface area contributed by atoms with Gasteiger partial charge in [0, 0.05) is 5.69 Å². The molecule has 0 fully saturated rings. The highest BCUT2D eigenvalue weighted by atomic mass is 16.1. The molecule has 0 saturated heterocycles. The monoisotopic (exact) mass is 279 g/mol. The smallest absolute Gasteiger partial charge is 0.243 e. The van der Waals surface area contributed by atoms with Crippen LogP contribution in [0.1, 0.15) is 16.7 Å². The van der Waals surface area contributed by atoms with E-state index >= 15 is 0 Å². The average molecular weight is 279 g/mol. The minimum Gasteiger partial charge on any atom is -0.376 e. The number of nitriles is 1. The summed E-state index contributed by atoms with van der Waals surface area (Å²) in [5, 5.41) is 14.8. The summed E-state index contributed by atoms with van der Waals surface area (Å²) in [6.07, 6.45) is 0. The molecule has 4 nitrogen and oxygen atoms in total. The molecule has 0 aromatic heterocycles. The number of rotatable bonds is 4. The molecule has 21 heavy (non-hydrogen) atoms. The zero-order valence-corrected chi connectivity index (χ0v) is 12.1. The van der Waals surface area contributed by atoms with Crippen molar-refractivity contribution < 1.29 is 4.79 Å². The minimum absolute atomic E-state index is 0.155. The number of hydrogen-bond acceptors (Lipinski definition) is 3. The first-order valence-electron chi connectivity index (χ1n) is 6.70. The number of anilines is 2. The predicted molar refractivity (Wildman–Crippen MR) is 84.2 cm³/mol. The molecular weight excluding hydrogens is 262 g/mol. The lowest BCUT2D eigenvalue weighted by atomic mass is 10.1. The van der Waals surface area contributed by atoms with E-state index in [1.807, 2.05) is 32.0 Å². The van der Waals surface area contributed by atoms with Crippen LogP contribution in [-0.4, -0.2) is 12.5 Å². The first kappa shape index (κ1) is 14.6. The highest BCUT2D eigenvalue weighted by molar-refractivity contribution is 5.94. The second-order valence-corrected chi connectivity index (χ2v) is 4.86.